The number of nitrogens with one attached hydrogen (secondary N) is 3. The van der Waals surface area contributed by atoms with Crippen LogP contribution in [0.4, 0.5) is 11.6 Å². The van der Waals surface area contributed by atoms with Gasteiger partial charge in [0.05, 0.1) is 25.0 Å². The number of hydrogen-bond acceptors (Lipinski definition) is 7. The van der Waals surface area contributed by atoms with Crippen molar-refractivity contribution in [3.63, 3.8) is 0 Å². The Morgan fingerprint density at radius 2 is 2.00 bits per heavy atom. The zero-order valence-electron chi connectivity index (χ0n) is 17.8. The van der Waals surface area contributed by atoms with Crippen molar-refractivity contribution in [2.45, 2.75) is 46.2 Å². The first-order valence-electron chi connectivity index (χ1n) is 10.1. The second-order valence-corrected chi connectivity index (χ2v) is 8.98. The van der Waals surface area contributed by atoms with Crippen molar-refractivity contribution in [3.8, 4) is 5.88 Å². The van der Waals surface area contributed by atoms with Crippen molar-refractivity contribution >= 4 is 29.2 Å². The molecular formula is C20H24N7O5+. The fourth-order valence-corrected chi connectivity index (χ4v) is 3.23. The number of rotatable bonds is 6. The van der Waals surface area contributed by atoms with Gasteiger partial charge in [-0.05, 0) is 18.3 Å². The molecule has 32 heavy (non-hydrogen) atoms. The predicted molar refractivity (Wildman–Crippen MR) is 112 cm³/mol. The van der Waals surface area contributed by atoms with Gasteiger partial charge in [-0.3, -0.25) is 4.79 Å². The number of carbonyl (C=O) groups excluding carboxylic acids is 1. The number of H-pyrrole nitrogens is 1. The summed E-state index contributed by atoms with van der Waals surface area (Å²) in [4.78, 5) is 44.5. The number of fused-ring (bicyclic) bond motifs is 1. The smallest absolute Gasteiger partial charge is 0.378 e. The highest BCUT2D eigenvalue weighted by molar-refractivity contribution is 5.96. The molecule has 1 aliphatic carbocycles. The first-order chi connectivity index (χ1) is 15.0. The molecule has 168 valence electrons. The molecule has 0 bridgehead atoms. The lowest BCUT2D eigenvalue weighted by Gasteiger charge is -2.17. The molecular weight excluding hydrogens is 418 g/mol. The van der Waals surface area contributed by atoms with Gasteiger partial charge < -0.3 is 20.8 Å². The maximum absolute atomic E-state index is 13.1. The Morgan fingerprint density at radius 1 is 1.28 bits per heavy atom. The highest BCUT2D eigenvalue weighted by atomic mass is 16.4. The normalized spacial score (nSPS) is 13.8. The van der Waals surface area contributed by atoms with Crippen molar-refractivity contribution in [2.75, 3.05) is 5.32 Å². The maximum atomic E-state index is 13.1. The van der Waals surface area contributed by atoms with Crippen LogP contribution in [0.5, 0.6) is 5.88 Å². The average molecular weight is 442 g/mol. The Balaban J connectivity index is 1.79. The number of aromatic nitrogens is 5. The first-order valence-corrected chi connectivity index (χ1v) is 10.1. The van der Waals surface area contributed by atoms with Crippen LogP contribution in [-0.4, -0.2) is 47.7 Å². The second-order valence-electron chi connectivity index (χ2n) is 8.98. The molecule has 5 N–H and O–H groups in total. The molecule has 0 spiro atoms. The van der Waals surface area contributed by atoms with E-state index in [-0.39, 0.29) is 28.5 Å². The van der Waals surface area contributed by atoms with Gasteiger partial charge in [-0.25, -0.2) is 24.7 Å². The number of anilines is 2. The first kappa shape index (κ1) is 21.3. The maximum Gasteiger partial charge on any atom is 0.378 e. The van der Waals surface area contributed by atoms with Crippen molar-refractivity contribution in [1.82, 2.24) is 24.9 Å². The van der Waals surface area contributed by atoms with Crippen LogP contribution in [0.3, 0.4) is 0 Å². The van der Waals surface area contributed by atoms with Gasteiger partial charge in [-0.15, -0.1) is 0 Å². The molecule has 0 saturated heterocycles. The van der Waals surface area contributed by atoms with Crippen LogP contribution in [0.25, 0.3) is 5.65 Å². The zero-order chi connectivity index (χ0) is 23.2. The standard InChI is InChI=1S/C20H23N7O5/c1-20(2,3)9-26-14-6-12(24-13-8-21-11(7-22-13)19(31)32)25-27(14)18(30)15(17(26)29)16(28)23-10-4-5-10/h6-8,10H,4-5,9H2,1-3H3,(H4,22,23,24,25,28,29,30,31,32)/p+1. The number of aromatic amines is 1. The summed E-state index contributed by atoms with van der Waals surface area (Å²) in [5, 5.41) is 28.4. The minimum atomic E-state index is -1.20. The van der Waals surface area contributed by atoms with E-state index in [0.717, 1.165) is 19.0 Å². The molecule has 1 fully saturated rings. The van der Waals surface area contributed by atoms with Crippen LogP contribution >= 0.6 is 0 Å². The number of nitrogens with zero attached hydrogens (tertiary/aromatic N) is 4. The van der Waals surface area contributed by atoms with E-state index in [1.54, 1.807) is 6.07 Å². The second kappa shape index (κ2) is 7.62. The average Bonchev–Trinajstić information content (AvgIpc) is 3.41. The van der Waals surface area contributed by atoms with Gasteiger partial charge in [0.15, 0.2) is 11.5 Å². The number of carboxylic acid groups (broad SMARTS) is 1. The van der Waals surface area contributed by atoms with Crippen LogP contribution in [-0.2, 0) is 6.54 Å². The summed E-state index contributed by atoms with van der Waals surface area (Å²) in [5.74, 6) is -1.64. The summed E-state index contributed by atoms with van der Waals surface area (Å²) < 4.78 is 2.68. The Labute approximate surface area is 181 Å². The van der Waals surface area contributed by atoms with E-state index in [0.29, 0.717) is 18.0 Å². The van der Waals surface area contributed by atoms with Crippen LogP contribution in [0, 0.1) is 5.41 Å². The third-order valence-corrected chi connectivity index (χ3v) is 4.81. The SMILES string of the molecule is CC(C)(C)C[n+]1c(O)c(C(=O)NC2CC2)c(=O)n2[nH]c(Nc3cnc(C(=O)O)cn3)cc21. The number of aromatic hydroxyl groups is 1. The van der Waals surface area contributed by atoms with Crippen molar-refractivity contribution in [2.24, 2.45) is 5.41 Å². The fourth-order valence-electron chi connectivity index (χ4n) is 3.23. The molecule has 0 atom stereocenters. The zero-order valence-corrected chi connectivity index (χ0v) is 17.8. The quantitative estimate of drug-likeness (QED) is 0.350. The molecule has 0 aliphatic heterocycles. The molecule has 1 aliphatic rings. The van der Waals surface area contributed by atoms with Gasteiger partial charge in [-0.2, -0.15) is 4.57 Å². The lowest BCUT2D eigenvalue weighted by Crippen LogP contribution is -2.47. The summed E-state index contributed by atoms with van der Waals surface area (Å²) in [6.45, 7) is 6.24. The van der Waals surface area contributed by atoms with Gasteiger partial charge in [-0.1, -0.05) is 25.3 Å². The summed E-state index contributed by atoms with van der Waals surface area (Å²) in [6.07, 6.45) is 4.03. The van der Waals surface area contributed by atoms with Crippen LogP contribution < -0.4 is 20.8 Å². The van der Waals surface area contributed by atoms with Crippen molar-refractivity contribution in [3.05, 3.63) is 40.1 Å². The minimum Gasteiger partial charge on any atom is -0.477 e. The van der Waals surface area contributed by atoms with E-state index in [1.807, 2.05) is 20.8 Å². The van der Waals surface area contributed by atoms with Gasteiger partial charge in [0.2, 0.25) is 5.56 Å². The molecule has 3 aromatic rings. The van der Waals surface area contributed by atoms with Crippen LogP contribution in [0.2, 0.25) is 0 Å². The summed E-state index contributed by atoms with van der Waals surface area (Å²) in [6, 6.07) is 1.61. The van der Waals surface area contributed by atoms with Crippen molar-refractivity contribution < 1.29 is 24.4 Å². The van der Waals surface area contributed by atoms with Crippen LogP contribution in [0.1, 0.15) is 54.5 Å². The van der Waals surface area contributed by atoms with Gasteiger partial charge >= 0.3 is 23.1 Å². The fraction of sp³-hybridized carbons (Fsp3) is 0.400. The number of aromatic carboxylic acids is 1. The highest BCUT2D eigenvalue weighted by Gasteiger charge is 2.34. The lowest BCUT2D eigenvalue weighted by atomic mass is 9.96. The van der Waals surface area contributed by atoms with Gasteiger partial charge in [0.1, 0.15) is 5.82 Å². The van der Waals surface area contributed by atoms with E-state index in [2.05, 4.69) is 25.7 Å². The molecule has 12 nitrogen and oxygen atoms in total. The van der Waals surface area contributed by atoms with E-state index in [1.165, 1.54) is 15.3 Å². The Morgan fingerprint density at radius 3 is 2.56 bits per heavy atom. The molecule has 4 rings (SSSR count). The van der Waals surface area contributed by atoms with Gasteiger partial charge in [0, 0.05) is 6.04 Å². The third-order valence-electron chi connectivity index (χ3n) is 4.81. The molecule has 0 unspecified atom stereocenters. The number of amides is 1. The highest BCUT2D eigenvalue weighted by Crippen LogP contribution is 2.22. The Bertz CT molecular complexity index is 1270. The molecule has 0 aromatic carbocycles. The predicted octanol–water partition coefficient (Wildman–Crippen LogP) is 0.791. The largest absolute Gasteiger partial charge is 0.477 e. The monoisotopic (exact) mass is 442 g/mol. The molecule has 1 saturated carbocycles. The summed E-state index contributed by atoms with van der Waals surface area (Å²) in [7, 11) is 0. The minimum absolute atomic E-state index is 0.0197. The van der Waals surface area contributed by atoms with E-state index in [4.69, 9.17) is 5.11 Å². The van der Waals surface area contributed by atoms with Crippen molar-refractivity contribution in [1.29, 1.82) is 0 Å². The van der Waals surface area contributed by atoms with Gasteiger partial charge in [0.25, 0.3) is 5.91 Å². The van der Waals surface area contributed by atoms with E-state index < -0.39 is 23.3 Å². The number of hydrogen-bond donors (Lipinski definition) is 5. The summed E-state index contributed by atoms with van der Waals surface area (Å²) in [5.41, 5.74) is -1.17. The third kappa shape index (κ3) is 4.24. The number of carboxylic acids is 1. The molecule has 1 amide bonds. The number of carbonyl (C=O) groups is 2. The van der Waals surface area contributed by atoms with E-state index in [9.17, 15) is 19.5 Å². The molecule has 3 heterocycles. The van der Waals surface area contributed by atoms with E-state index >= 15 is 0 Å². The molecule has 0 radical (unpaired) electrons. The molecule has 3 aromatic heterocycles. The Kier molecular flexibility index (Phi) is 5.07. The van der Waals surface area contributed by atoms with Crippen LogP contribution in [0.15, 0.2) is 23.3 Å². The summed E-state index contributed by atoms with van der Waals surface area (Å²) >= 11 is 0. The lowest BCUT2D eigenvalue weighted by molar-refractivity contribution is -0.692. The topological polar surface area (TPSA) is 166 Å². The molecule has 12 heteroatoms. The Hall–Kier alpha value is -3.96.